The molecule has 0 radical (unpaired) electrons. The summed E-state index contributed by atoms with van der Waals surface area (Å²) in [5.74, 6) is 1.56. The molecule has 1 aromatic rings. The van der Waals surface area contributed by atoms with Crippen LogP contribution in [0.3, 0.4) is 0 Å². The SMILES string of the molecule is CCC(N)Cc1cccc(Cl)c1OCC1CCC1. The average Bonchev–Trinajstić information content (AvgIpc) is 2.30. The van der Waals surface area contributed by atoms with E-state index in [4.69, 9.17) is 22.1 Å². The minimum absolute atomic E-state index is 0.175. The molecule has 1 atom stereocenters. The topological polar surface area (TPSA) is 35.2 Å². The molecule has 0 aromatic heterocycles. The van der Waals surface area contributed by atoms with Crippen LogP contribution in [0, 0.1) is 5.92 Å². The van der Waals surface area contributed by atoms with Gasteiger partial charge >= 0.3 is 0 Å². The fraction of sp³-hybridized carbons (Fsp3) is 0.600. The predicted octanol–water partition coefficient (Wildman–Crippen LogP) is 3.80. The van der Waals surface area contributed by atoms with Crippen molar-refractivity contribution in [2.75, 3.05) is 6.61 Å². The summed E-state index contributed by atoms with van der Waals surface area (Å²) in [7, 11) is 0. The van der Waals surface area contributed by atoms with Gasteiger partial charge < -0.3 is 10.5 Å². The minimum Gasteiger partial charge on any atom is -0.491 e. The maximum Gasteiger partial charge on any atom is 0.141 e. The Bertz CT molecular complexity index is 390. The normalized spacial score (nSPS) is 17.3. The maximum absolute atomic E-state index is 6.23. The van der Waals surface area contributed by atoms with Crippen LogP contribution in [0.2, 0.25) is 5.02 Å². The quantitative estimate of drug-likeness (QED) is 0.851. The molecule has 1 aliphatic rings. The summed E-state index contributed by atoms with van der Waals surface area (Å²) in [5.41, 5.74) is 7.15. The molecule has 0 spiro atoms. The molecule has 2 rings (SSSR count). The van der Waals surface area contributed by atoms with Crippen LogP contribution in [0.25, 0.3) is 0 Å². The molecule has 0 bridgehead atoms. The zero-order valence-electron chi connectivity index (χ0n) is 11.0. The van der Waals surface area contributed by atoms with Crippen molar-refractivity contribution in [1.29, 1.82) is 0 Å². The fourth-order valence-corrected chi connectivity index (χ4v) is 2.41. The number of hydrogen-bond donors (Lipinski definition) is 1. The first-order chi connectivity index (χ1) is 8.70. The van der Waals surface area contributed by atoms with Crippen molar-refractivity contribution < 1.29 is 4.74 Å². The van der Waals surface area contributed by atoms with Crippen LogP contribution in [0.4, 0.5) is 0 Å². The molecular formula is C15H22ClNO. The van der Waals surface area contributed by atoms with E-state index in [1.807, 2.05) is 12.1 Å². The average molecular weight is 268 g/mol. The van der Waals surface area contributed by atoms with Gasteiger partial charge in [-0.1, -0.05) is 37.1 Å². The standard InChI is InChI=1S/C15H22ClNO/c1-2-13(17)9-12-7-4-8-14(16)15(12)18-10-11-5-3-6-11/h4,7-8,11,13H,2-3,5-6,9-10,17H2,1H3. The Morgan fingerprint density at radius 3 is 2.83 bits per heavy atom. The maximum atomic E-state index is 6.23. The number of para-hydroxylation sites is 1. The molecule has 0 aliphatic heterocycles. The van der Waals surface area contributed by atoms with Crippen molar-refractivity contribution in [3.8, 4) is 5.75 Å². The van der Waals surface area contributed by atoms with E-state index in [1.54, 1.807) is 0 Å². The lowest BCUT2D eigenvalue weighted by atomic mass is 9.86. The van der Waals surface area contributed by atoms with E-state index in [-0.39, 0.29) is 6.04 Å². The zero-order valence-corrected chi connectivity index (χ0v) is 11.7. The lowest BCUT2D eigenvalue weighted by molar-refractivity contribution is 0.179. The van der Waals surface area contributed by atoms with Crippen molar-refractivity contribution >= 4 is 11.6 Å². The highest BCUT2D eigenvalue weighted by atomic mass is 35.5. The number of nitrogens with two attached hydrogens (primary N) is 1. The van der Waals surface area contributed by atoms with Crippen LogP contribution in [0.1, 0.15) is 38.2 Å². The van der Waals surface area contributed by atoms with Crippen molar-refractivity contribution in [3.63, 3.8) is 0 Å². The summed E-state index contributed by atoms with van der Waals surface area (Å²) in [6.07, 6.45) is 5.71. The Morgan fingerprint density at radius 1 is 1.44 bits per heavy atom. The molecule has 0 saturated heterocycles. The number of hydrogen-bond acceptors (Lipinski definition) is 2. The van der Waals surface area contributed by atoms with Gasteiger partial charge in [-0.05, 0) is 43.2 Å². The summed E-state index contributed by atoms with van der Waals surface area (Å²) in [6, 6.07) is 6.10. The summed E-state index contributed by atoms with van der Waals surface area (Å²) >= 11 is 6.23. The summed E-state index contributed by atoms with van der Waals surface area (Å²) in [5, 5.41) is 0.704. The van der Waals surface area contributed by atoms with Gasteiger partial charge in [-0.25, -0.2) is 0 Å². The van der Waals surface area contributed by atoms with Crippen LogP contribution in [0.5, 0.6) is 5.75 Å². The molecule has 0 heterocycles. The van der Waals surface area contributed by atoms with Gasteiger partial charge in [0.05, 0.1) is 11.6 Å². The second-order valence-corrected chi connectivity index (χ2v) is 5.62. The molecule has 3 heteroatoms. The Hall–Kier alpha value is -0.730. The molecule has 1 aliphatic carbocycles. The van der Waals surface area contributed by atoms with Crippen LogP contribution < -0.4 is 10.5 Å². The van der Waals surface area contributed by atoms with E-state index >= 15 is 0 Å². The molecule has 2 N–H and O–H groups in total. The minimum atomic E-state index is 0.175. The number of benzene rings is 1. The summed E-state index contributed by atoms with van der Waals surface area (Å²) in [6.45, 7) is 2.89. The highest BCUT2D eigenvalue weighted by Crippen LogP contribution is 2.32. The van der Waals surface area contributed by atoms with Crippen LogP contribution in [-0.2, 0) is 6.42 Å². The second kappa shape index (κ2) is 6.44. The first-order valence-electron chi connectivity index (χ1n) is 6.86. The van der Waals surface area contributed by atoms with E-state index in [0.29, 0.717) is 10.9 Å². The smallest absolute Gasteiger partial charge is 0.141 e. The number of rotatable bonds is 6. The molecule has 100 valence electrons. The van der Waals surface area contributed by atoms with Gasteiger partial charge in [0.15, 0.2) is 0 Å². The van der Waals surface area contributed by atoms with Crippen LogP contribution in [-0.4, -0.2) is 12.6 Å². The molecular weight excluding hydrogens is 246 g/mol. The van der Waals surface area contributed by atoms with Gasteiger partial charge in [0.1, 0.15) is 5.75 Å². The van der Waals surface area contributed by atoms with E-state index in [2.05, 4.69) is 13.0 Å². The lowest BCUT2D eigenvalue weighted by Gasteiger charge is -2.26. The molecule has 2 nitrogen and oxygen atoms in total. The molecule has 1 aromatic carbocycles. The Kier molecular flexibility index (Phi) is 4.90. The molecule has 0 amide bonds. The van der Waals surface area contributed by atoms with E-state index in [0.717, 1.165) is 30.8 Å². The largest absolute Gasteiger partial charge is 0.491 e. The van der Waals surface area contributed by atoms with E-state index < -0.39 is 0 Å². The third kappa shape index (κ3) is 3.39. The highest BCUT2D eigenvalue weighted by molar-refractivity contribution is 6.32. The third-order valence-corrected chi connectivity index (χ3v) is 4.04. The highest BCUT2D eigenvalue weighted by Gasteiger charge is 2.19. The van der Waals surface area contributed by atoms with Crippen LogP contribution >= 0.6 is 11.6 Å². The molecule has 1 saturated carbocycles. The Morgan fingerprint density at radius 2 is 2.22 bits per heavy atom. The van der Waals surface area contributed by atoms with Crippen molar-refractivity contribution in [1.82, 2.24) is 0 Å². The predicted molar refractivity (Wildman–Crippen MR) is 76.3 cm³/mol. The summed E-state index contributed by atoms with van der Waals surface area (Å²) < 4.78 is 5.93. The second-order valence-electron chi connectivity index (χ2n) is 5.21. The van der Waals surface area contributed by atoms with Gasteiger partial charge in [0.2, 0.25) is 0 Å². The number of halogens is 1. The van der Waals surface area contributed by atoms with Gasteiger partial charge in [-0.3, -0.25) is 0 Å². The van der Waals surface area contributed by atoms with E-state index in [9.17, 15) is 0 Å². The Balaban J connectivity index is 2.04. The van der Waals surface area contributed by atoms with Crippen molar-refractivity contribution in [2.24, 2.45) is 11.7 Å². The van der Waals surface area contributed by atoms with Crippen LogP contribution in [0.15, 0.2) is 18.2 Å². The molecule has 1 fully saturated rings. The first-order valence-corrected chi connectivity index (χ1v) is 7.24. The number of ether oxygens (including phenoxy) is 1. The zero-order chi connectivity index (χ0) is 13.0. The van der Waals surface area contributed by atoms with E-state index in [1.165, 1.54) is 19.3 Å². The Labute approximate surface area is 114 Å². The van der Waals surface area contributed by atoms with Crippen molar-refractivity contribution in [3.05, 3.63) is 28.8 Å². The third-order valence-electron chi connectivity index (χ3n) is 3.74. The molecule has 18 heavy (non-hydrogen) atoms. The van der Waals surface area contributed by atoms with Gasteiger partial charge in [-0.15, -0.1) is 0 Å². The lowest BCUT2D eigenvalue weighted by Crippen LogP contribution is -2.23. The first kappa shape index (κ1) is 13.7. The van der Waals surface area contributed by atoms with Gasteiger partial charge in [0, 0.05) is 6.04 Å². The van der Waals surface area contributed by atoms with Crippen molar-refractivity contribution in [2.45, 2.75) is 45.1 Å². The molecule has 1 unspecified atom stereocenters. The monoisotopic (exact) mass is 267 g/mol. The summed E-state index contributed by atoms with van der Waals surface area (Å²) in [4.78, 5) is 0. The fourth-order valence-electron chi connectivity index (χ4n) is 2.16. The van der Waals surface area contributed by atoms with Gasteiger partial charge in [0.25, 0.3) is 0 Å². The van der Waals surface area contributed by atoms with Gasteiger partial charge in [-0.2, -0.15) is 0 Å².